The first-order chi connectivity index (χ1) is 12.7. The smallest absolute Gasteiger partial charge is 0.167 e. The summed E-state index contributed by atoms with van der Waals surface area (Å²) in [6, 6.07) is 0. The molecule has 0 amide bonds. The second-order valence-corrected chi connectivity index (χ2v) is 8.91. The van der Waals surface area contributed by atoms with Crippen LogP contribution in [-0.4, -0.2) is 41.1 Å². The summed E-state index contributed by atoms with van der Waals surface area (Å²) < 4.78 is 11.2. The van der Waals surface area contributed by atoms with Crippen LogP contribution in [-0.2, 0) is 10.2 Å². The molecule has 1 aliphatic heterocycles. The number of fused-ring (bicyclic) bond motifs is 1. The number of phenolic OH excluding ortho intramolecular Hbond substituents is 2. The van der Waals surface area contributed by atoms with Crippen molar-refractivity contribution >= 4 is 5.78 Å². The zero-order valence-electron chi connectivity index (χ0n) is 16.3. The number of phenols is 2. The van der Waals surface area contributed by atoms with Crippen molar-refractivity contribution in [2.24, 2.45) is 11.3 Å². The molecule has 4 atom stereocenters. The van der Waals surface area contributed by atoms with Gasteiger partial charge in [-0.25, -0.2) is 0 Å². The largest absolute Gasteiger partial charge is 0.507 e. The molecule has 0 unspecified atom stereocenters. The van der Waals surface area contributed by atoms with Crippen LogP contribution in [0.5, 0.6) is 17.2 Å². The summed E-state index contributed by atoms with van der Waals surface area (Å²) in [7, 11) is 1.46. The van der Waals surface area contributed by atoms with Gasteiger partial charge in [-0.2, -0.15) is 0 Å². The fraction of sp³-hybridized carbons (Fsp3) is 0.667. The second-order valence-electron chi connectivity index (χ2n) is 8.91. The summed E-state index contributed by atoms with van der Waals surface area (Å²) in [5, 5.41) is 32.7. The maximum atomic E-state index is 13.1. The molecule has 0 aromatic heterocycles. The van der Waals surface area contributed by atoms with Gasteiger partial charge in [0.15, 0.2) is 23.6 Å². The Morgan fingerprint density at radius 1 is 1.22 bits per heavy atom. The lowest BCUT2D eigenvalue weighted by molar-refractivity contribution is -0.263. The van der Waals surface area contributed by atoms with E-state index in [4.69, 9.17) is 9.47 Å². The molecule has 2 bridgehead atoms. The van der Waals surface area contributed by atoms with E-state index in [2.05, 4.69) is 0 Å². The topological polar surface area (TPSA) is 96.2 Å². The lowest BCUT2D eigenvalue weighted by Gasteiger charge is -2.60. The van der Waals surface area contributed by atoms with E-state index in [9.17, 15) is 20.1 Å². The van der Waals surface area contributed by atoms with Gasteiger partial charge in [-0.3, -0.25) is 4.79 Å². The van der Waals surface area contributed by atoms with E-state index in [0.29, 0.717) is 11.1 Å². The van der Waals surface area contributed by atoms with Gasteiger partial charge in [-0.1, -0.05) is 27.2 Å². The maximum absolute atomic E-state index is 13.1. The Kier molecular flexibility index (Phi) is 4.02. The van der Waals surface area contributed by atoms with Crippen LogP contribution >= 0.6 is 0 Å². The SMILES string of the molecule is COc1c(O)c2c(c(O)c1C(C)C)C(=O)C[C@H]1[C@]23CCC[C@]1(C)[C@@H](O)OC3. The lowest BCUT2D eigenvalue weighted by Crippen LogP contribution is -2.62. The molecular formula is C21H28O6. The number of aromatic hydroxyl groups is 2. The van der Waals surface area contributed by atoms with Crippen molar-refractivity contribution in [1.29, 1.82) is 0 Å². The highest BCUT2D eigenvalue weighted by molar-refractivity contribution is 6.04. The van der Waals surface area contributed by atoms with Crippen LogP contribution < -0.4 is 4.74 Å². The molecule has 1 heterocycles. The van der Waals surface area contributed by atoms with Crippen LogP contribution in [0.4, 0.5) is 0 Å². The van der Waals surface area contributed by atoms with E-state index in [0.717, 1.165) is 19.3 Å². The van der Waals surface area contributed by atoms with Crippen molar-refractivity contribution in [2.75, 3.05) is 13.7 Å². The van der Waals surface area contributed by atoms with Gasteiger partial charge in [0.2, 0.25) is 0 Å². The summed E-state index contributed by atoms with van der Waals surface area (Å²) in [6.07, 6.45) is 1.66. The highest BCUT2D eigenvalue weighted by Crippen LogP contribution is 2.65. The molecule has 0 spiro atoms. The first kappa shape index (κ1) is 18.6. The third-order valence-electron chi connectivity index (χ3n) is 7.25. The number of ketones is 1. The molecule has 1 saturated carbocycles. The van der Waals surface area contributed by atoms with Crippen LogP contribution in [0.2, 0.25) is 0 Å². The Balaban J connectivity index is 2.06. The number of aliphatic hydroxyl groups is 1. The number of ether oxygens (including phenoxy) is 2. The summed E-state index contributed by atoms with van der Waals surface area (Å²) in [5.41, 5.74) is -0.0690. The number of hydrogen-bond acceptors (Lipinski definition) is 6. The van der Waals surface area contributed by atoms with Crippen molar-refractivity contribution < 1.29 is 29.6 Å². The Morgan fingerprint density at radius 3 is 2.56 bits per heavy atom. The summed E-state index contributed by atoms with van der Waals surface area (Å²) >= 11 is 0. The third kappa shape index (κ3) is 2.17. The molecule has 0 radical (unpaired) electrons. The summed E-state index contributed by atoms with van der Waals surface area (Å²) in [6.45, 7) is 5.95. The number of rotatable bonds is 2. The molecule has 3 aliphatic rings. The quantitative estimate of drug-likeness (QED) is 0.686. The maximum Gasteiger partial charge on any atom is 0.167 e. The molecule has 1 aromatic carbocycles. The average Bonchev–Trinajstić information content (AvgIpc) is 2.61. The normalized spacial score (nSPS) is 35.0. The van der Waals surface area contributed by atoms with E-state index >= 15 is 0 Å². The Morgan fingerprint density at radius 2 is 1.93 bits per heavy atom. The number of methoxy groups -OCH3 is 1. The fourth-order valence-corrected chi connectivity index (χ4v) is 5.96. The second kappa shape index (κ2) is 5.85. The van der Waals surface area contributed by atoms with E-state index in [-0.39, 0.29) is 53.5 Å². The van der Waals surface area contributed by atoms with E-state index in [1.165, 1.54) is 7.11 Å². The fourth-order valence-electron chi connectivity index (χ4n) is 5.96. The molecule has 148 valence electrons. The monoisotopic (exact) mass is 376 g/mol. The molecule has 2 fully saturated rings. The zero-order chi connectivity index (χ0) is 19.7. The van der Waals surface area contributed by atoms with Gasteiger partial charge in [0.25, 0.3) is 0 Å². The van der Waals surface area contributed by atoms with Gasteiger partial charge in [0.05, 0.1) is 19.3 Å². The van der Waals surface area contributed by atoms with Gasteiger partial charge in [-0.05, 0) is 24.7 Å². The predicted octanol–water partition coefficient (Wildman–Crippen LogP) is 3.21. The van der Waals surface area contributed by atoms with Crippen LogP contribution in [0.15, 0.2) is 0 Å². The first-order valence-corrected chi connectivity index (χ1v) is 9.68. The number of aliphatic hydroxyl groups excluding tert-OH is 1. The van der Waals surface area contributed by atoms with Crippen LogP contribution in [0, 0.1) is 11.3 Å². The molecule has 4 rings (SSSR count). The molecule has 27 heavy (non-hydrogen) atoms. The van der Waals surface area contributed by atoms with Gasteiger partial charge in [-0.15, -0.1) is 0 Å². The van der Waals surface area contributed by atoms with Crippen molar-refractivity contribution in [1.82, 2.24) is 0 Å². The Labute approximate surface area is 159 Å². The standard InChI is InChI=1S/C21H28O6/c1-10(2)13-16(23)14-11(22)8-12-20(3)6-5-7-21(12,9-27-19(20)25)15(14)17(24)18(13)26-4/h10,12,19,23-25H,5-9H2,1-4H3/t12-,19+,20+,21-/m1/s1. The highest BCUT2D eigenvalue weighted by atomic mass is 16.6. The van der Waals surface area contributed by atoms with Crippen molar-refractivity contribution in [2.45, 2.75) is 64.1 Å². The van der Waals surface area contributed by atoms with Crippen molar-refractivity contribution in [3.8, 4) is 17.2 Å². The average molecular weight is 376 g/mol. The van der Waals surface area contributed by atoms with Crippen LogP contribution in [0.25, 0.3) is 0 Å². The molecule has 6 heteroatoms. The summed E-state index contributed by atoms with van der Waals surface area (Å²) in [5.74, 6) is -0.405. The van der Waals surface area contributed by atoms with E-state index in [1.54, 1.807) is 0 Å². The van der Waals surface area contributed by atoms with Crippen molar-refractivity contribution in [3.05, 3.63) is 16.7 Å². The minimum Gasteiger partial charge on any atom is -0.507 e. The highest BCUT2D eigenvalue weighted by Gasteiger charge is 2.63. The van der Waals surface area contributed by atoms with Gasteiger partial charge in [0, 0.05) is 28.4 Å². The first-order valence-electron chi connectivity index (χ1n) is 9.68. The number of benzene rings is 1. The van der Waals surface area contributed by atoms with Crippen molar-refractivity contribution in [3.63, 3.8) is 0 Å². The lowest BCUT2D eigenvalue weighted by atomic mass is 9.47. The molecule has 3 N–H and O–H groups in total. The zero-order valence-corrected chi connectivity index (χ0v) is 16.3. The molecule has 1 saturated heterocycles. The van der Waals surface area contributed by atoms with E-state index in [1.807, 2.05) is 20.8 Å². The molecule has 1 aromatic rings. The molecule has 6 nitrogen and oxygen atoms in total. The predicted molar refractivity (Wildman–Crippen MR) is 98.4 cm³/mol. The van der Waals surface area contributed by atoms with Crippen LogP contribution in [0.3, 0.4) is 0 Å². The number of Topliss-reactive ketones (excluding diaryl/α,β-unsaturated/α-hetero) is 1. The van der Waals surface area contributed by atoms with Gasteiger partial charge >= 0.3 is 0 Å². The van der Waals surface area contributed by atoms with E-state index < -0.39 is 17.1 Å². The Hall–Kier alpha value is -1.79. The Bertz CT molecular complexity index is 816. The molecule has 2 aliphatic carbocycles. The minimum atomic E-state index is -0.933. The summed E-state index contributed by atoms with van der Waals surface area (Å²) in [4.78, 5) is 13.1. The van der Waals surface area contributed by atoms with Gasteiger partial charge < -0.3 is 24.8 Å². The number of hydrogen-bond donors (Lipinski definition) is 3. The number of carbonyl (C=O) groups is 1. The molecular weight excluding hydrogens is 348 g/mol. The van der Waals surface area contributed by atoms with Crippen LogP contribution in [0.1, 0.15) is 73.9 Å². The third-order valence-corrected chi connectivity index (χ3v) is 7.25. The number of carbonyl (C=O) groups excluding carboxylic acids is 1. The van der Waals surface area contributed by atoms with Gasteiger partial charge in [0.1, 0.15) is 5.75 Å². The minimum absolute atomic E-state index is 0.0729.